The summed E-state index contributed by atoms with van der Waals surface area (Å²) in [6, 6.07) is 6.73. The summed E-state index contributed by atoms with van der Waals surface area (Å²) >= 11 is 0. The number of benzene rings is 1. The molecule has 0 aromatic heterocycles. The Labute approximate surface area is 242 Å². The van der Waals surface area contributed by atoms with Crippen molar-refractivity contribution in [1.29, 1.82) is 0 Å². The number of carbonyl (C=O) groups excluding carboxylic acids is 1. The van der Waals surface area contributed by atoms with Gasteiger partial charge in [-0.3, -0.25) is 4.79 Å². The van der Waals surface area contributed by atoms with E-state index in [1.165, 1.54) is 44.6 Å². The largest absolute Gasteiger partial charge is 0.393 e. The Balaban J connectivity index is 1.21. The number of aliphatic hydroxyl groups is 1. The van der Waals surface area contributed by atoms with Gasteiger partial charge >= 0.3 is 0 Å². The van der Waals surface area contributed by atoms with Gasteiger partial charge in [0.15, 0.2) is 0 Å². The maximum atomic E-state index is 14.5. The Morgan fingerprint density at radius 1 is 0.975 bits per heavy atom. The fraction of sp³-hybridized carbons (Fsp3) is 0.750. The van der Waals surface area contributed by atoms with Crippen LogP contribution in [0.5, 0.6) is 0 Å². The van der Waals surface area contributed by atoms with E-state index in [2.05, 4.69) is 41.5 Å². The standard InChI is InChI=1S/C36H52FNO2/c1-23(18-22-38(24-11-12-24)32(40)25-9-7-8-10-29(25)37)26-15-20-36(6)28-13-14-30-33(2,3)31(39)17-19-34(30,4)27(28)16-21-35(26,36)5/h7-10,23-24,26,30-31,39H,11-22H2,1-6H3/t23-,26-,30+,31+,34-,35-,36+/m1/s1. The van der Waals surface area contributed by atoms with Crippen molar-refractivity contribution < 1.29 is 14.3 Å². The highest BCUT2D eigenvalue weighted by Crippen LogP contribution is 2.72. The average molecular weight is 550 g/mol. The molecule has 5 aliphatic rings. The summed E-state index contributed by atoms with van der Waals surface area (Å²) in [4.78, 5) is 15.3. The second-order valence-electron chi connectivity index (χ2n) is 15.7. The van der Waals surface area contributed by atoms with Crippen molar-refractivity contribution in [3.05, 3.63) is 46.8 Å². The van der Waals surface area contributed by atoms with Gasteiger partial charge in [-0.15, -0.1) is 0 Å². The van der Waals surface area contributed by atoms with Gasteiger partial charge in [-0.05, 0) is 122 Å². The zero-order valence-electron chi connectivity index (χ0n) is 25.9. The van der Waals surface area contributed by atoms with Gasteiger partial charge in [0.05, 0.1) is 11.7 Å². The molecule has 0 heterocycles. The third kappa shape index (κ3) is 4.08. The van der Waals surface area contributed by atoms with Crippen LogP contribution < -0.4 is 0 Å². The third-order valence-electron chi connectivity index (χ3n) is 13.7. The molecule has 0 saturated heterocycles. The lowest BCUT2D eigenvalue weighted by Gasteiger charge is -2.62. The molecule has 0 aliphatic heterocycles. The molecular weight excluding hydrogens is 497 g/mol. The predicted octanol–water partition coefficient (Wildman–Crippen LogP) is 8.57. The molecule has 7 atom stereocenters. The molecule has 1 N–H and O–H groups in total. The van der Waals surface area contributed by atoms with Crippen molar-refractivity contribution in [2.45, 2.75) is 124 Å². The highest BCUT2D eigenvalue weighted by atomic mass is 19.1. The molecule has 5 aliphatic carbocycles. The quantitative estimate of drug-likeness (QED) is 0.361. The van der Waals surface area contributed by atoms with Gasteiger partial charge in [0, 0.05) is 12.6 Å². The molecule has 3 fully saturated rings. The first-order valence-electron chi connectivity index (χ1n) is 16.3. The number of aliphatic hydroxyl groups excluding tert-OH is 1. The lowest BCUT2D eigenvalue weighted by Crippen LogP contribution is -2.55. The molecule has 6 rings (SSSR count). The van der Waals surface area contributed by atoms with Gasteiger partial charge in [0.25, 0.3) is 5.91 Å². The Hall–Kier alpha value is -1.68. The van der Waals surface area contributed by atoms with Crippen LogP contribution in [0.2, 0.25) is 0 Å². The van der Waals surface area contributed by atoms with Crippen molar-refractivity contribution in [2.75, 3.05) is 6.54 Å². The summed E-state index contributed by atoms with van der Waals surface area (Å²) < 4.78 is 14.5. The molecule has 1 aromatic rings. The van der Waals surface area contributed by atoms with Crippen molar-refractivity contribution in [3.8, 4) is 0 Å². The SMILES string of the molecule is C[C@H](CCN(C(=O)c1ccccc1F)C1CC1)[C@H]1CC[C@@]2(C)C3=C(CC[C@]12C)[C@@]1(C)CC[C@H](O)C(C)(C)[C@@H]1CC3. The minimum Gasteiger partial charge on any atom is -0.393 e. The van der Waals surface area contributed by atoms with E-state index in [0.717, 1.165) is 38.6 Å². The summed E-state index contributed by atoms with van der Waals surface area (Å²) in [6.45, 7) is 15.5. The first-order valence-corrected chi connectivity index (χ1v) is 16.3. The minimum absolute atomic E-state index is 0.0204. The smallest absolute Gasteiger partial charge is 0.257 e. The third-order valence-corrected chi connectivity index (χ3v) is 13.7. The highest BCUT2D eigenvalue weighted by Gasteiger charge is 2.63. The maximum Gasteiger partial charge on any atom is 0.257 e. The lowest BCUT2D eigenvalue weighted by atomic mass is 9.43. The van der Waals surface area contributed by atoms with Crippen LogP contribution in [-0.2, 0) is 0 Å². The number of halogens is 1. The molecule has 0 unspecified atom stereocenters. The second-order valence-corrected chi connectivity index (χ2v) is 15.7. The summed E-state index contributed by atoms with van der Waals surface area (Å²) in [5.41, 5.74) is 4.50. The lowest BCUT2D eigenvalue weighted by molar-refractivity contribution is -0.0962. The molecule has 4 heteroatoms. The Morgan fingerprint density at radius 3 is 2.40 bits per heavy atom. The molecule has 1 amide bonds. The molecule has 1 aromatic carbocycles. The summed E-state index contributed by atoms with van der Waals surface area (Å²) in [7, 11) is 0. The van der Waals surface area contributed by atoms with E-state index in [0.29, 0.717) is 17.8 Å². The summed E-state index contributed by atoms with van der Waals surface area (Å²) in [6.07, 6.45) is 12.3. The van der Waals surface area contributed by atoms with Crippen LogP contribution in [0.1, 0.15) is 123 Å². The monoisotopic (exact) mass is 549 g/mol. The number of hydrogen-bond donors (Lipinski definition) is 1. The highest BCUT2D eigenvalue weighted by molar-refractivity contribution is 5.94. The zero-order valence-corrected chi connectivity index (χ0v) is 25.9. The first-order chi connectivity index (χ1) is 18.8. The Morgan fingerprint density at radius 2 is 1.70 bits per heavy atom. The van der Waals surface area contributed by atoms with Crippen LogP contribution in [0.3, 0.4) is 0 Å². The molecule has 220 valence electrons. The molecule has 0 bridgehead atoms. The maximum absolute atomic E-state index is 14.5. The number of hydrogen-bond acceptors (Lipinski definition) is 2. The number of rotatable bonds is 6. The number of amides is 1. The fourth-order valence-electron chi connectivity index (χ4n) is 10.8. The van der Waals surface area contributed by atoms with Crippen molar-refractivity contribution in [1.82, 2.24) is 4.90 Å². The first kappa shape index (κ1) is 28.4. The van der Waals surface area contributed by atoms with Crippen molar-refractivity contribution >= 4 is 5.91 Å². The molecule has 3 saturated carbocycles. The van der Waals surface area contributed by atoms with E-state index in [1.807, 2.05) is 4.90 Å². The second kappa shape index (κ2) is 9.68. The van der Waals surface area contributed by atoms with Crippen LogP contribution >= 0.6 is 0 Å². The van der Waals surface area contributed by atoms with Crippen LogP contribution in [0.4, 0.5) is 4.39 Å². The minimum atomic E-state index is -0.407. The van der Waals surface area contributed by atoms with Crippen molar-refractivity contribution in [2.24, 2.45) is 39.4 Å². The summed E-state index contributed by atoms with van der Waals surface area (Å²) in [5.74, 6) is 1.20. The Bertz CT molecular complexity index is 1200. The average Bonchev–Trinajstić information content (AvgIpc) is 3.70. The molecular formula is C36H52FNO2. The fourth-order valence-corrected chi connectivity index (χ4v) is 10.8. The molecule has 0 spiro atoms. The van der Waals surface area contributed by atoms with Gasteiger partial charge in [-0.1, -0.05) is 64.8 Å². The Kier molecular flexibility index (Phi) is 6.88. The molecule has 40 heavy (non-hydrogen) atoms. The van der Waals surface area contributed by atoms with E-state index >= 15 is 0 Å². The number of nitrogens with zero attached hydrogens (tertiary/aromatic N) is 1. The van der Waals surface area contributed by atoms with Gasteiger partial charge < -0.3 is 10.0 Å². The molecule has 3 nitrogen and oxygen atoms in total. The van der Waals surface area contributed by atoms with Gasteiger partial charge in [0.1, 0.15) is 5.82 Å². The van der Waals surface area contributed by atoms with Gasteiger partial charge in [-0.2, -0.15) is 0 Å². The van der Waals surface area contributed by atoms with E-state index in [4.69, 9.17) is 0 Å². The van der Waals surface area contributed by atoms with E-state index in [-0.39, 0.29) is 45.3 Å². The van der Waals surface area contributed by atoms with E-state index in [1.54, 1.807) is 29.3 Å². The summed E-state index contributed by atoms with van der Waals surface area (Å²) in [5, 5.41) is 10.9. The van der Waals surface area contributed by atoms with Crippen LogP contribution in [-0.4, -0.2) is 34.6 Å². The van der Waals surface area contributed by atoms with Crippen LogP contribution in [0, 0.1) is 45.2 Å². The number of carbonyl (C=O) groups is 1. The van der Waals surface area contributed by atoms with Gasteiger partial charge in [0.2, 0.25) is 0 Å². The number of allylic oxidation sites excluding steroid dienone is 2. The molecule has 0 radical (unpaired) electrons. The number of fused-ring (bicyclic) bond motifs is 4. The predicted molar refractivity (Wildman–Crippen MR) is 159 cm³/mol. The van der Waals surface area contributed by atoms with E-state index in [9.17, 15) is 14.3 Å². The van der Waals surface area contributed by atoms with Crippen molar-refractivity contribution in [3.63, 3.8) is 0 Å². The topological polar surface area (TPSA) is 40.5 Å². The van der Waals surface area contributed by atoms with E-state index < -0.39 is 5.82 Å². The zero-order chi connectivity index (χ0) is 28.7. The van der Waals surface area contributed by atoms with Gasteiger partial charge in [-0.25, -0.2) is 4.39 Å². The van der Waals surface area contributed by atoms with Crippen LogP contribution in [0.25, 0.3) is 0 Å². The van der Waals surface area contributed by atoms with Crippen LogP contribution in [0.15, 0.2) is 35.4 Å². The normalized spacial score (nSPS) is 39.2.